The van der Waals surface area contributed by atoms with Crippen molar-refractivity contribution in [3.8, 4) is 0 Å². The quantitative estimate of drug-likeness (QED) is 0.551. The van der Waals surface area contributed by atoms with Crippen LogP contribution in [0.4, 0.5) is 9.18 Å². The first-order valence-corrected chi connectivity index (χ1v) is 10.8. The van der Waals surface area contributed by atoms with E-state index in [0.717, 1.165) is 16.2 Å². The molecule has 1 N–H and O–H groups in total. The third-order valence-corrected chi connectivity index (χ3v) is 5.91. The first kappa shape index (κ1) is 23.5. The highest BCUT2D eigenvalue weighted by molar-refractivity contribution is 6.65. The minimum Gasteiger partial charge on any atom is -0.444 e. The molecule has 1 saturated heterocycles. The van der Waals surface area contributed by atoms with E-state index >= 15 is 0 Å². The SMILES string of the molecule is CC(C)(C)OC(=O)NCCCc1c(F)ccc2cccc(B3OC(C)(C)C(C)(C)O3)c12. The predicted molar refractivity (Wildman–Crippen MR) is 122 cm³/mol. The Morgan fingerprint density at radius 1 is 1.10 bits per heavy atom. The van der Waals surface area contributed by atoms with Crippen molar-refractivity contribution in [1.82, 2.24) is 5.32 Å². The van der Waals surface area contributed by atoms with Gasteiger partial charge in [0, 0.05) is 6.54 Å². The summed E-state index contributed by atoms with van der Waals surface area (Å²) in [7, 11) is -0.575. The zero-order chi connectivity index (χ0) is 23.0. The monoisotopic (exact) mass is 429 g/mol. The van der Waals surface area contributed by atoms with Crippen molar-refractivity contribution in [1.29, 1.82) is 0 Å². The summed E-state index contributed by atoms with van der Waals surface area (Å²) < 4.78 is 32.6. The molecule has 0 spiro atoms. The Labute approximate surface area is 184 Å². The van der Waals surface area contributed by atoms with Crippen molar-refractivity contribution < 1.29 is 23.2 Å². The van der Waals surface area contributed by atoms with Crippen LogP contribution in [0.25, 0.3) is 10.8 Å². The van der Waals surface area contributed by atoms with E-state index in [1.54, 1.807) is 6.07 Å². The number of fused-ring (bicyclic) bond motifs is 1. The molecule has 1 fully saturated rings. The molecule has 2 aromatic carbocycles. The van der Waals surface area contributed by atoms with E-state index in [4.69, 9.17) is 14.0 Å². The Morgan fingerprint density at radius 2 is 1.74 bits per heavy atom. The van der Waals surface area contributed by atoms with Crippen LogP contribution in [0.2, 0.25) is 0 Å². The lowest BCUT2D eigenvalue weighted by molar-refractivity contribution is 0.00578. The molecule has 1 amide bonds. The van der Waals surface area contributed by atoms with Gasteiger partial charge in [-0.1, -0.05) is 24.3 Å². The van der Waals surface area contributed by atoms with Crippen LogP contribution in [0.15, 0.2) is 30.3 Å². The Hall–Kier alpha value is -2.12. The summed E-state index contributed by atoms with van der Waals surface area (Å²) in [6, 6.07) is 9.11. The minimum absolute atomic E-state index is 0.270. The molecular weight excluding hydrogens is 396 g/mol. The van der Waals surface area contributed by atoms with Crippen LogP contribution in [0.5, 0.6) is 0 Å². The maximum absolute atomic E-state index is 14.9. The molecular formula is C24H33BFNO4. The average Bonchev–Trinajstić information content (AvgIpc) is 2.85. The molecule has 31 heavy (non-hydrogen) atoms. The first-order chi connectivity index (χ1) is 14.3. The largest absolute Gasteiger partial charge is 0.495 e. The lowest BCUT2D eigenvalue weighted by atomic mass is 9.74. The summed E-state index contributed by atoms with van der Waals surface area (Å²) in [4.78, 5) is 11.9. The van der Waals surface area contributed by atoms with E-state index in [9.17, 15) is 9.18 Å². The molecule has 0 bridgehead atoms. The van der Waals surface area contributed by atoms with Crippen molar-refractivity contribution in [2.45, 2.75) is 78.1 Å². The van der Waals surface area contributed by atoms with E-state index in [1.165, 1.54) is 6.07 Å². The van der Waals surface area contributed by atoms with Gasteiger partial charge in [0.15, 0.2) is 0 Å². The number of nitrogens with one attached hydrogen (secondary N) is 1. The molecule has 0 radical (unpaired) electrons. The number of ether oxygens (including phenoxy) is 1. The second kappa shape index (κ2) is 8.43. The van der Waals surface area contributed by atoms with E-state index < -0.39 is 30.0 Å². The molecule has 0 saturated carbocycles. The van der Waals surface area contributed by atoms with Crippen LogP contribution in [0, 0.1) is 5.82 Å². The van der Waals surface area contributed by atoms with Crippen LogP contribution >= 0.6 is 0 Å². The maximum atomic E-state index is 14.9. The molecule has 1 heterocycles. The van der Waals surface area contributed by atoms with Crippen molar-refractivity contribution in [2.75, 3.05) is 6.54 Å². The van der Waals surface area contributed by atoms with Gasteiger partial charge in [-0.2, -0.15) is 0 Å². The number of alkyl carbamates (subject to hydrolysis) is 1. The molecule has 7 heteroatoms. The summed E-state index contributed by atoms with van der Waals surface area (Å²) in [6.07, 6.45) is 0.575. The summed E-state index contributed by atoms with van der Waals surface area (Å²) >= 11 is 0. The fourth-order valence-electron chi connectivity index (χ4n) is 3.64. The van der Waals surface area contributed by atoms with E-state index in [-0.39, 0.29) is 5.82 Å². The van der Waals surface area contributed by atoms with Gasteiger partial charge in [0.1, 0.15) is 11.4 Å². The van der Waals surface area contributed by atoms with Crippen LogP contribution in [-0.4, -0.2) is 36.6 Å². The average molecular weight is 429 g/mol. The van der Waals surface area contributed by atoms with Crippen molar-refractivity contribution in [3.05, 3.63) is 41.7 Å². The Balaban J connectivity index is 1.82. The number of aryl methyl sites for hydroxylation is 1. The van der Waals surface area contributed by atoms with Crippen molar-refractivity contribution >= 4 is 29.4 Å². The van der Waals surface area contributed by atoms with Gasteiger partial charge in [0.05, 0.1) is 11.2 Å². The molecule has 0 atom stereocenters. The number of hydrogen-bond donors (Lipinski definition) is 1. The Morgan fingerprint density at radius 3 is 2.35 bits per heavy atom. The van der Waals surface area contributed by atoms with Gasteiger partial charge in [0.25, 0.3) is 0 Å². The second-order valence-corrected chi connectivity index (χ2v) is 10.1. The molecule has 3 rings (SSSR count). The van der Waals surface area contributed by atoms with Gasteiger partial charge in [-0.3, -0.25) is 0 Å². The van der Waals surface area contributed by atoms with Crippen LogP contribution in [0.1, 0.15) is 60.5 Å². The second-order valence-electron chi connectivity index (χ2n) is 10.1. The zero-order valence-electron chi connectivity index (χ0n) is 19.6. The Kier molecular flexibility index (Phi) is 6.41. The molecule has 0 unspecified atom stereocenters. The summed E-state index contributed by atoms with van der Waals surface area (Å²) in [5.74, 6) is -0.270. The van der Waals surface area contributed by atoms with Gasteiger partial charge in [-0.05, 0) is 89.2 Å². The fraction of sp³-hybridized carbons (Fsp3) is 0.542. The summed E-state index contributed by atoms with van der Waals surface area (Å²) in [5, 5.41) is 4.49. The highest BCUT2D eigenvalue weighted by Crippen LogP contribution is 2.37. The van der Waals surface area contributed by atoms with Crippen molar-refractivity contribution in [3.63, 3.8) is 0 Å². The third kappa shape index (κ3) is 5.21. The van der Waals surface area contributed by atoms with Crippen molar-refractivity contribution in [2.24, 2.45) is 0 Å². The van der Waals surface area contributed by atoms with Crippen LogP contribution in [0.3, 0.4) is 0 Å². The summed E-state index contributed by atoms with van der Waals surface area (Å²) in [5.41, 5.74) is -0.0849. The number of carbonyl (C=O) groups excluding carboxylic acids is 1. The van der Waals surface area contributed by atoms with E-state index in [1.807, 2.05) is 66.7 Å². The minimum atomic E-state index is -0.575. The molecule has 168 valence electrons. The maximum Gasteiger partial charge on any atom is 0.495 e. The lowest BCUT2D eigenvalue weighted by Crippen LogP contribution is -2.41. The normalized spacial score (nSPS) is 17.7. The van der Waals surface area contributed by atoms with Crippen LogP contribution in [-0.2, 0) is 20.5 Å². The van der Waals surface area contributed by atoms with Gasteiger partial charge in [-0.25, -0.2) is 9.18 Å². The molecule has 1 aliphatic rings. The topological polar surface area (TPSA) is 56.8 Å². The highest BCUT2D eigenvalue weighted by atomic mass is 19.1. The first-order valence-electron chi connectivity index (χ1n) is 10.8. The smallest absolute Gasteiger partial charge is 0.444 e. The summed E-state index contributed by atoms with van der Waals surface area (Å²) in [6.45, 7) is 13.8. The molecule has 0 aliphatic carbocycles. The van der Waals surface area contributed by atoms with Gasteiger partial charge in [0.2, 0.25) is 0 Å². The molecule has 5 nitrogen and oxygen atoms in total. The van der Waals surface area contributed by atoms with Gasteiger partial charge in [-0.15, -0.1) is 0 Å². The zero-order valence-corrected chi connectivity index (χ0v) is 19.6. The van der Waals surface area contributed by atoms with Gasteiger partial charge < -0.3 is 19.4 Å². The van der Waals surface area contributed by atoms with Gasteiger partial charge >= 0.3 is 13.2 Å². The van der Waals surface area contributed by atoms with E-state index in [0.29, 0.717) is 24.9 Å². The number of amides is 1. The predicted octanol–water partition coefficient (Wildman–Crippen LogP) is 4.74. The molecule has 0 aromatic heterocycles. The molecule has 2 aromatic rings. The lowest BCUT2D eigenvalue weighted by Gasteiger charge is -2.32. The fourth-order valence-corrected chi connectivity index (χ4v) is 3.64. The third-order valence-electron chi connectivity index (χ3n) is 5.91. The van der Waals surface area contributed by atoms with Crippen LogP contribution < -0.4 is 10.8 Å². The number of benzene rings is 2. The highest BCUT2D eigenvalue weighted by Gasteiger charge is 2.52. The van der Waals surface area contributed by atoms with E-state index in [2.05, 4.69) is 5.32 Å². The number of halogens is 1. The number of hydrogen-bond acceptors (Lipinski definition) is 4. The molecule has 1 aliphatic heterocycles. The standard InChI is InChI=1S/C24H33BFNO4/c1-22(2,3)29-21(28)27-15-9-11-17-19(26)14-13-16-10-8-12-18(20(16)17)25-30-23(4,5)24(6,7)31-25/h8,10,12-14H,9,11,15H2,1-7H3,(H,27,28). The number of rotatable bonds is 5. The Bertz CT molecular complexity index is 952. The number of carbonyl (C=O) groups is 1.